The summed E-state index contributed by atoms with van der Waals surface area (Å²) in [5, 5.41) is 1.05. The molecule has 0 unspecified atom stereocenters. The van der Waals surface area contributed by atoms with Crippen molar-refractivity contribution in [3.05, 3.63) is 52.5 Å². The third kappa shape index (κ3) is 5.56. The quantitative estimate of drug-likeness (QED) is 0.405. The number of sulfonamides is 1. The minimum Gasteiger partial charge on any atom is -0.462 e. The van der Waals surface area contributed by atoms with Gasteiger partial charge in [0.05, 0.1) is 23.8 Å². The first-order valence-corrected chi connectivity index (χ1v) is 14.8. The summed E-state index contributed by atoms with van der Waals surface area (Å²) < 4.78 is 61.9. The van der Waals surface area contributed by atoms with Crippen LogP contribution in [0.25, 0.3) is 22.3 Å². The first-order chi connectivity index (χ1) is 16.0. The van der Waals surface area contributed by atoms with Gasteiger partial charge < -0.3 is 9.15 Å². The number of benzene rings is 2. The number of anilines is 1. The molecule has 0 spiro atoms. The summed E-state index contributed by atoms with van der Waals surface area (Å²) in [4.78, 5) is 12.9. The van der Waals surface area contributed by atoms with E-state index in [4.69, 9.17) is 20.8 Å². The molecule has 2 aromatic carbocycles. The van der Waals surface area contributed by atoms with E-state index in [0.717, 1.165) is 24.7 Å². The monoisotopic (exact) mass is 525 g/mol. The molecule has 34 heavy (non-hydrogen) atoms. The molecule has 1 aliphatic carbocycles. The second kappa shape index (κ2) is 9.24. The Morgan fingerprint density at radius 3 is 2.38 bits per heavy atom. The van der Waals surface area contributed by atoms with Crippen molar-refractivity contribution in [2.24, 2.45) is 0 Å². The van der Waals surface area contributed by atoms with Crippen LogP contribution in [0.1, 0.15) is 41.6 Å². The van der Waals surface area contributed by atoms with Crippen molar-refractivity contribution in [3.8, 4) is 11.3 Å². The van der Waals surface area contributed by atoms with E-state index < -0.39 is 37.3 Å². The van der Waals surface area contributed by atoms with Gasteiger partial charge in [0.25, 0.3) is 0 Å². The van der Waals surface area contributed by atoms with E-state index in [-0.39, 0.29) is 18.1 Å². The molecule has 0 amide bonds. The number of fused-ring (bicyclic) bond motifs is 1. The first kappa shape index (κ1) is 24.6. The molecule has 1 N–H and O–H groups in total. The smallest absolute Gasteiger partial charge is 0.342 e. The highest BCUT2D eigenvalue weighted by Gasteiger charge is 2.31. The number of sulfone groups is 1. The molecule has 1 aromatic heterocycles. The van der Waals surface area contributed by atoms with Crippen LogP contribution >= 0.6 is 11.6 Å². The summed E-state index contributed by atoms with van der Waals surface area (Å²) in [6, 6.07) is 10.1. The molecule has 0 aliphatic heterocycles. The van der Waals surface area contributed by atoms with E-state index >= 15 is 0 Å². The largest absolute Gasteiger partial charge is 0.462 e. The van der Waals surface area contributed by atoms with Gasteiger partial charge in [-0.05, 0) is 61.6 Å². The molecule has 11 heteroatoms. The Bertz CT molecular complexity index is 1460. The number of carbonyl (C=O) groups is 1. The Morgan fingerprint density at radius 2 is 1.79 bits per heavy atom. The average molecular weight is 526 g/mol. The van der Waals surface area contributed by atoms with Crippen molar-refractivity contribution < 1.29 is 30.8 Å². The lowest BCUT2D eigenvalue weighted by Crippen LogP contribution is -2.23. The highest BCUT2D eigenvalue weighted by Crippen LogP contribution is 2.47. The highest BCUT2D eigenvalue weighted by molar-refractivity contribution is 7.95. The van der Waals surface area contributed by atoms with Crippen LogP contribution in [0.5, 0.6) is 0 Å². The maximum atomic E-state index is 12.9. The van der Waals surface area contributed by atoms with Crippen LogP contribution in [-0.2, 0) is 24.6 Å². The Balaban J connectivity index is 1.84. The number of carbonyl (C=O) groups excluding carboxylic acids is 1. The zero-order valence-corrected chi connectivity index (χ0v) is 21.0. The minimum atomic E-state index is -3.93. The van der Waals surface area contributed by atoms with Gasteiger partial charge in [-0.15, -0.1) is 0 Å². The fourth-order valence-corrected chi connectivity index (χ4v) is 6.50. The molecule has 1 fully saturated rings. The lowest BCUT2D eigenvalue weighted by molar-refractivity contribution is 0.0528. The van der Waals surface area contributed by atoms with Crippen LogP contribution in [0, 0.1) is 0 Å². The van der Waals surface area contributed by atoms with Crippen molar-refractivity contribution >= 4 is 54.1 Å². The lowest BCUT2D eigenvalue weighted by atomic mass is 10.0. The van der Waals surface area contributed by atoms with Crippen LogP contribution in [0.2, 0.25) is 5.02 Å². The van der Waals surface area contributed by atoms with E-state index in [1.54, 1.807) is 43.3 Å². The molecule has 0 atom stereocenters. The third-order valence-electron chi connectivity index (χ3n) is 5.45. The minimum absolute atomic E-state index is 0.126. The van der Waals surface area contributed by atoms with Crippen LogP contribution in [-0.4, -0.2) is 47.2 Å². The normalized spacial score (nSPS) is 14.3. The predicted octanol–water partition coefficient (Wildman–Crippen LogP) is 4.59. The molecule has 0 radical (unpaired) electrons. The third-order valence-corrected chi connectivity index (χ3v) is 8.18. The van der Waals surface area contributed by atoms with Gasteiger partial charge in [0.1, 0.15) is 26.7 Å². The van der Waals surface area contributed by atoms with Gasteiger partial charge in [-0.2, -0.15) is 0 Å². The van der Waals surface area contributed by atoms with Crippen molar-refractivity contribution in [1.82, 2.24) is 0 Å². The summed E-state index contributed by atoms with van der Waals surface area (Å²) in [7, 11) is -7.37. The predicted molar refractivity (Wildman–Crippen MR) is 132 cm³/mol. The van der Waals surface area contributed by atoms with Gasteiger partial charge in [0.15, 0.2) is 0 Å². The van der Waals surface area contributed by atoms with Crippen LogP contribution in [0.3, 0.4) is 0 Å². The molecule has 3 aromatic rings. The number of halogens is 1. The summed E-state index contributed by atoms with van der Waals surface area (Å²) in [6.45, 7) is 1.89. The number of esters is 1. The fourth-order valence-electron chi connectivity index (χ4n) is 3.67. The van der Waals surface area contributed by atoms with Crippen LogP contribution < -0.4 is 4.72 Å². The summed E-state index contributed by atoms with van der Waals surface area (Å²) in [6.07, 6.45) is 2.74. The van der Waals surface area contributed by atoms with Gasteiger partial charge in [0.2, 0.25) is 10.0 Å². The van der Waals surface area contributed by atoms with Crippen LogP contribution in [0.4, 0.5) is 5.69 Å². The van der Waals surface area contributed by atoms with Crippen molar-refractivity contribution in [2.75, 3.05) is 29.1 Å². The van der Waals surface area contributed by atoms with E-state index in [2.05, 4.69) is 4.72 Å². The van der Waals surface area contributed by atoms with Gasteiger partial charge >= 0.3 is 5.97 Å². The van der Waals surface area contributed by atoms with Gasteiger partial charge in [0, 0.05) is 28.3 Å². The van der Waals surface area contributed by atoms with E-state index in [1.165, 1.54) is 0 Å². The summed E-state index contributed by atoms with van der Waals surface area (Å²) in [5.74, 6) is -1.17. The standard InChI is InChI=1S/C23H24ClNO7S2/c1-3-31-23(26)21-18-12-17(14-4-5-14)19(25-34(29,30)11-10-33(2,27)28)13-20(18)32-22(21)15-6-8-16(24)9-7-15/h6-9,12-14,25H,3-5,10-11H2,1-2H3. The SMILES string of the molecule is CCOC(=O)c1c(-c2ccc(Cl)cc2)oc2cc(NS(=O)(=O)CCS(C)(=O)=O)c(C3CC3)cc12. The highest BCUT2D eigenvalue weighted by atomic mass is 35.5. The number of furan rings is 1. The number of hydrogen-bond donors (Lipinski definition) is 1. The van der Waals surface area contributed by atoms with E-state index in [0.29, 0.717) is 33.0 Å². The average Bonchev–Trinajstić information content (AvgIpc) is 3.52. The van der Waals surface area contributed by atoms with E-state index in [1.807, 2.05) is 0 Å². The molecule has 1 saturated carbocycles. The number of hydrogen-bond acceptors (Lipinski definition) is 7. The Morgan fingerprint density at radius 1 is 1.12 bits per heavy atom. The molecule has 0 bridgehead atoms. The molecule has 182 valence electrons. The molecule has 1 aliphatic rings. The Hall–Kier alpha value is -2.56. The van der Waals surface area contributed by atoms with Crippen molar-refractivity contribution in [2.45, 2.75) is 25.7 Å². The lowest BCUT2D eigenvalue weighted by Gasteiger charge is -2.12. The van der Waals surface area contributed by atoms with Gasteiger partial charge in [-0.25, -0.2) is 21.6 Å². The summed E-state index contributed by atoms with van der Waals surface area (Å²) >= 11 is 6.00. The topological polar surface area (TPSA) is 120 Å². The van der Waals surface area contributed by atoms with Gasteiger partial charge in [-0.1, -0.05) is 11.6 Å². The number of nitrogens with one attached hydrogen (secondary N) is 1. The van der Waals surface area contributed by atoms with E-state index in [9.17, 15) is 21.6 Å². The molecule has 4 rings (SSSR count). The first-order valence-electron chi connectivity index (χ1n) is 10.7. The molecular formula is C23H24ClNO7S2. The van der Waals surface area contributed by atoms with Gasteiger partial charge in [-0.3, -0.25) is 4.72 Å². The number of rotatable bonds is 9. The Labute approximate surface area is 203 Å². The number of ether oxygens (including phenoxy) is 1. The second-order valence-electron chi connectivity index (χ2n) is 8.29. The zero-order valence-electron chi connectivity index (χ0n) is 18.6. The van der Waals surface area contributed by atoms with Crippen molar-refractivity contribution in [1.29, 1.82) is 0 Å². The Kier molecular flexibility index (Phi) is 6.67. The van der Waals surface area contributed by atoms with Crippen molar-refractivity contribution in [3.63, 3.8) is 0 Å². The molecule has 1 heterocycles. The van der Waals surface area contributed by atoms with Crippen LogP contribution in [0.15, 0.2) is 40.8 Å². The summed E-state index contributed by atoms with van der Waals surface area (Å²) in [5.41, 5.74) is 2.22. The maximum absolute atomic E-state index is 12.9. The molecule has 8 nitrogen and oxygen atoms in total. The zero-order chi connectivity index (χ0) is 24.7. The molecular weight excluding hydrogens is 502 g/mol. The fraction of sp³-hybridized carbons (Fsp3) is 0.348. The molecule has 0 saturated heterocycles. The second-order valence-corrected chi connectivity index (χ2v) is 12.8. The maximum Gasteiger partial charge on any atom is 0.342 e.